The summed E-state index contributed by atoms with van der Waals surface area (Å²) < 4.78 is 4.92. The molecule has 0 aliphatic rings. The first-order valence-corrected chi connectivity index (χ1v) is 5.01. The molecule has 0 atom stereocenters. The molecule has 0 aliphatic carbocycles. The van der Waals surface area contributed by atoms with Crippen LogP contribution in [0.4, 0.5) is 0 Å². The first-order valence-electron chi connectivity index (χ1n) is 4.23. The number of amides is 1. The summed E-state index contributed by atoms with van der Waals surface area (Å²) in [5.74, 6) is -0.363. The highest BCUT2D eigenvalue weighted by molar-refractivity contribution is 7.80. The van der Waals surface area contributed by atoms with E-state index in [1.807, 2.05) is 0 Å². The summed E-state index contributed by atoms with van der Waals surface area (Å²) in [4.78, 5) is 15.3. The van der Waals surface area contributed by atoms with Gasteiger partial charge in [-0.25, -0.2) is 4.98 Å². The summed E-state index contributed by atoms with van der Waals surface area (Å²) in [6.07, 6.45) is 1.45. The number of carbonyl (C=O) groups is 1. The molecule has 1 heterocycles. The Bertz CT molecular complexity index is 384. The van der Waals surface area contributed by atoms with Crippen LogP contribution in [0.1, 0.15) is 17.3 Å². The fraction of sp³-hybridized carbons (Fsp3) is 0.222. The van der Waals surface area contributed by atoms with Crippen molar-refractivity contribution >= 4 is 34.9 Å². The quantitative estimate of drug-likeness (QED) is 0.637. The minimum absolute atomic E-state index is 0.0513. The van der Waals surface area contributed by atoms with Crippen molar-refractivity contribution < 1.29 is 9.53 Å². The monoisotopic (exact) mass is 244 g/mol. The average molecular weight is 245 g/mol. The molecule has 0 fully saturated rings. The molecular formula is C9H9ClN2O2S. The molecule has 0 spiro atoms. The van der Waals surface area contributed by atoms with Crippen LogP contribution >= 0.6 is 23.8 Å². The van der Waals surface area contributed by atoms with Crippen LogP contribution in [0, 0.1) is 0 Å². The van der Waals surface area contributed by atoms with Crippen LogP contribution in [-0.2, 0) is 4.74 Å². The largest absolute Gasteiger partial charge is 0.471 e. The number of rotatable bonds is 2. The Balaban J connectivity index is 2.65. The Morgan fingerprint density at radius 2 is 2.47 bits per heavy atom. The summed E-state index contributed by atoms with van der Waals surface area (Å²) in [5, 5.41) is 2.71. The second kappa shape index (κ2) is 5.63. The number of hydrogen-bond donors (Lipinski definition) is 1. The minimum atomic E-state index is -0.363. The van der Waals surface area contributed by atoms with Crippen molar-refractivity contribution in [3.05, 3.63) is 29.0 Å². The first-order chi connectivity index (χ1) is 7.13. The standard InChI is InChI=1S/C9H9ClN2O2S/c1-2-14-9(15)12-8(13)6-3-4-11-7(10)5-6/h3-5H,2H2,1H3,(H,12,13,15). The van der Waals surface area contributed by atoms with Gasteiger partial charge in [0.1, 0.15) is 5.15 Å². The molecule has 0 aromatic carbocycles. The van der Waals surface area contributed by atoms with Gasteiger partial charge in [0.15, 0.2) is 0 Å². The van der Waals surface area contributed by atoms with Crippen LogP contribution < -0.4 is 5.32 Å². The van der Waals surface area contributed by atoms with Gasteiger partial charge in [-0.05, 0) is 31.3 Å². The van der Waals surface area contributed by atoms with Gasteiger partial charge in [-0.3, -0.25) is 10.1 Å². The second-order valence-electron chi connectivity index (χ2n) is 2.54. The third-order valence-electron chi connectivity index (χ3n) is 1.48. The molecule has 1 aromatic rings. The molecule has 4 nitrogen and oxygen atoms in total. The van der Waals surface area contributed by atoms with Crippen LogP contribution in [0.25, 0.3) is 0 Å². The van der Waals surface area contributed by atoms with Crippen molar-refractivity contribution in [1.82, 2.24) is 10.3 Å². The Kier molecular flexibility index (Phi) is 4.45. The van der Waals surface area contributed by atoms with Gasteiger partial charge in [-0.2, -0.15) is 0 Å². The maximum atomic E-state index is 11.5. The van der Waals surface area contributed by atoms with E-state index in [0.29, 0.717) is 12.2 Å². The van der Waals surface area contributed by atoms with Crippen LogP contribution in [-0.4, -0.2) is 22.7 Å². The lowest BCUT2D eigenvalue weighted by molar-refractivity contribution is 0.0968. The van der Waals surface area contributed by atoms with Crippen LogP contribution in [0.2, 0.25) is 5.15 Å². The van der Waals surface area contributed by atoms with E-state index in [1.54, 1.807) is 6.92 Å². The molecule has 0 saturated heterocycles. The first kappa shape index (κ1) is 11.9. The molecule has 6 heteroatoms. The summed E-state index contributed by atoms with van der Waals surface area (Å²) in [6, 6.07) is 2.99. The maximum Gasteiger partial charge on any atom is 0.263 e. The number of nitrogens with one attached hydrogen (secondary N) is 1. The fourth-order valence-electron chi connectivity index (χ4n) is 0.876. The van der Waals surface area contributed by atoms with Gasteiger partial charge < -0.3 is 4.74 Å². The van der Waals surface area contributed by atoms with E-state index < -0.39 is 0 Å². The number of ether oxygens (including phenoxy) is 1. The summed E-state index contributed by atoms with van der Waals surface area (Å²) in [6.45, 7) is 2.19. The summed E-state index contributed by atoms with van der Waals surface area (Å²) in [7, 11) is 0. The third-order valence-corrected chi connectivity index (χ3v) is 1.91. The van der Waals surface area contributed by atoms with Crippen molar-refractivity contribution in [2.24, 2.45) is 0 Å². The topological polar surface area (TPSA) is 51.2 Å². The zero-order chi connectivity index (χ0) is 11.3. The normalized spacial score (nSPS) is 9.47. The van der Waals surface area contributed by atoms with E-state index in [2.05, 4.69) is 10.3 Å². The van der Waals surface area contributed by atoms with Gasteiger partial charge in [-0.15, -0.1) is 0 Å². The molecule has 0 bridgehead atoms. The smallest absolute Gasteiger partial charge is 0.263 e. The van der Waals surface area contributed by atoms with Gasteiger partial charge >= 0.3 is 0 Å². The van der Waals surface area contributed by atoms with Crippen molar-refractivity contribution in [2.75, 3.05) is 6.61 Å². The van der Waals surface area contributed by atoms with Gasteiger partial charge in [0.05, 0.1) is 6.61 Å². The molecule has 0 unspecified atom stereocenters. The number of hydrogen-bond acceptors (Lipinski definition) is 4. The van der Waals surface area contributed by atoms with Crippen molar-refractivity contribution in [2.45, 2.75) is 6.92 Å². The van der Waals surface area contributed by atoms with Gasteiger partial charge in [0.2, 0.25) is 0 Å². The molecule has 1 aromatic heterocycles. The van der Waals surface area contributed by atoms with Gasteiger partial charge in [-0.1, -0.05) is 11.6 Å². The number of pyridine rings is 1. The Morgan fingerprint density at radius 3 is 3.07 bits per heavy atom. The number of halogens is 1. The van der Waals surface area contributed by atoms with E-state index in [4.69, 9.17) is 28.6 Å². The zero-order valence-electron chi connectivity index (χ0n) is 7.99. The molecule has 0 aliphatic heterocycles. The van der Waals surface area contributed by atoms with E-state index in [0.717, 1.165) is 0 Å². The van der Waals surface area contributed by atoms with Crippen molar-refractivity contribution in [1.29, 1.82) is 0 Å². The van der Waals surface area contributed by atoms with Crippen molar-refractivity contribution in [3.63, 3.8) is 0 Å². The fourth-order valence-corrected chi connectivity index (χ4v) is 1.26. The van der Waals surface area contributed by atoms with Crippen molar-refractivity contribution in [3.8, 4) is 0 Å². The van der Waals surface area contributed by atoms with Crippen LogP contribution in [0.5, 0.6) is 0 Å². The predicted molar refractivity (Wildman–Crippen MR) is 60.9 cm³/mol. The summed E-state index contributed by atoms with van der Waals surface area (Å²) >= 11 is 10.4. The Labute approximate surface area is 97.6 Å². The lowest BCUT2D eigenvalue weighted by Gasteiger charge is -2.06. The number of aromatic nitrogens is 1. The second-order valence-corrected chi connectivity index (χ2v) is 3.30. The highest BCUT2D eigenvalue weighted by atomic mass is 35.5. The Morgan fingerprint density at radius 1 is 1.73 bits per heavy atom. The minimum Gasteiger partial charge on any atom is -0.471 e. The highest BCUT2D eigenvalue weighted by Gasteiger charge is 2.08. The van der Waals surface area contributed by atoms with E-state index >= 15 is 0 Å². The maximum absolute atomic E-state index is 11.5. The molecule has 1 N–H and O–H groups in total. The third kappa shape index (κ3) is 3.81. The number of thiocarbonyl (C=S) groups is 1. The predicted octanol–water partition coefficient (Wildman–Crippen LogP) is 1.79. The van der Waals surface area contributed by atoms with Gasteiger partial charge in [0.25, 0.3) is 11.1 Å². The molecule has 15 heavy (non-hydrogen) atoms. The average Bonchev–Trinajstić information content (AvgIpc) is 2.18. The highest BCUT2D eigenvalue weighted by Crippen LogP contribution is 2.06. The van der Waals surface area contributed by atoms with Crippen LogP contribution in [0.15, 0.2) is 18.3 Å². The summed E-state index contributed by atoms with van der Waals surface area (Å²) in [5.41, 5.74) is 0.386. The Hall–Kier alpha value is -1.20. The number of carbonyl (C=O) groups excluding carboxylic acids is 1. The molecule has 0 saturated carbocycles. The van der Waals surface area contributed by atoms with Crippen LogP contribution in [0.3, 0.4) is 0 Å². The van der Waals surface area contributed by atoms with E-state index in [-0.39, 0.29) is 16.2 Å². The molecule has 1 amide bonds. The molecular weight excluding hydrogens is 236 g/mol. The van der Waals surface area contributed by atoms with E-state index in [1.165, 1.54) is 18.3 Å². The zero-order valence-corrected chi connectivity index (χ0v) is 9.56. The lowest BCUT2D eigenvalue weighted by atomic mass is 10.2. The van der Waals surface area contributed by atoms with E-state index in [9.17, 15) is 4.79 Å². The van der Waals surface area contributed by atoms with Gasteiger partial charge in [0, 0.05) is 11.8 Å². The SMILES string of the molecule is CCOC(=S)NC(=O)c1ccnc(Cl)c1. The number of nitrogens with zero attached hydrogens (tertiary/aromatic N) is 1. The molecule has 0 radical (unpaired) electrons. The molecule has 1 rings (SSSR count). The molecule has 80 valence electrons. The lowest BCUT2D eigenvalue weighted by Crippen LogP contribution is -2.30.